The second-order valence-corrected chi connectivity index (χ2v) is 3.86. The summed E-state index contributed by atoms with van der Waals surface area (Å²) < 4.78 is 10.9. The molecular weight excluding hydrogens is 178 g/mol. The second-order valence-electron chi connectivity index (χ2n) is 3.86. The molecule has 0 radical (unpaired) electrons. The molecule has 1 aliphatic heterocycles. The number of rotatable bonds is 3. The van der Waals surface area contributed by atoms with Gasteiger partial charge in [-0.1, -0.05) is 0 Å². The van der Waals surface area contributed by atoms with E-state index in [9.17, 15) is 0 Å². The zero-order valence-electron chi connectivity index (χ0n) is 8.75. The Labute approximate surface area is 84.4 Å². The Bertz CT molecular complexity index is 295. The van der Waals surface area contributed by atoms with Crippen LogP contribution in [0.5, 0.6) is 0 Å². The molecule has 0 aromatic carbocycles. The maximum atomic E-state index is 5.48. The lowest BCUT2D eigenvalue weighted by Gasteiger charge is -2.14. The SMILES string of the molecule is Cc1ccc(CN[C@@H]2CCO[C@@H]2C)o1. The molecular formula is C11H17NO2. The van der Waals surface area contributed by atoms with Gasteiger partial charge in [0.15, 0.2) is 0 Å². The van der Waals surface area contributed by atoms with E-state index < -0.39 is 0 Å². The van der Waals surface area contributed by atoms with Gasteiger partial charge in [-0.15, -0.1) is 0 Å². The first-order chi connectivity index (χ1) is 6.75. The predicted molar refractivity (Wildman–Crippen MR) is 54.1 cm³/mol. The van der Waals surface area contributed by atoms with E-state index >= 15 is 0 Å². The topological polar surface area (TPSA) is 34.4 Å². The van der Waals surface area contributed by atoms with Gasteiger partial charge in [-0.2, -0.15) is 0 Å². The Balaban J connectivity index is 1.82. The molecule has 0 unspecified atom stereocenters. The van der Waals surface area contributed by atoms with E-state index in [1.54, 1.807) is 0 Å². The Kier molecular flexibility index (Phi) is 2.89. The van der Waals surface area contributed by atoms with Crippen molar-refractivity contribution in [3.05, 3.63) is 23.7 Å². The van der Waals surface area contributed by atoms with Gasteiger partial charge in [-0.25, -0.2) is 0 Å². The summed E-state index contributed by atoms with van der Waals surface area (Å²) in [4.78, 5) is 0. The van der Waals surface area contributed by atoms with Crippen molar-refractivity contribution in [3.63, 3.8) is 0 Å². The summed E-state index contributed by atoms with van der Waals surface area (Å²) in [5.41, 5.74) is 0. The van der Waals surface area contributed by atoms with Crippen LogP contribution in [0.25, 0.3) is 0 Å². The number of ether oxygens (including phenoxy) is 1. The summed E-state index contributed by atoms with van der Waals surface area (Å²) in [5, 5.41) is 3.44. The molecule has 1 aliphatic rings. The molecule has 0 aliphatic carbocycles. The van der Waals surface area contributed by atoms with Gasteiger partial charge < -0.3 is 14.5 Å². The van der Waals surface area contributed by atoms with E-state index in [0.29, 0.717) is 12.1 Å². The van der Waals surface area contributed by atoms with Crippen LogP contribution in [-0.4, -0.2) is 18.8 Å². The summed E-state index contributed by atoms with van der Waals surface area (Å²) in [6.45, 7) is 5.74. The third-order valence-corrected chi connectivity index (χ3v) is 2.71. The number of furan rings is 1. The highest BCUT2D eigenvalue weighted by Crippen LogP contribution is 2.14. The highest BCUT2D eigenvalue weighted by Gasteiger charge is 2.23. The molecule has 1 aromatic heterocycles. The summed E-state index contributed by atoms with van der Waals surface area (Å²) in [6, 6.07) is 4.48. The van der Waals surface area contributed by atoms with E-state index in [-0.39, 0.29) is 0 Å². The van der Waals surface area contributed by atoms with Gasteiger partial charge in [-0.3, -0.25) is 0 Å². The lowest BCUT2D eigenvalue weighted by molar-refractivity contribution is 0.112. The fourth-order valence-electron chi connectivity index (χ4n) is 1.81. The second kappa shape index (κ2) is 4.15. The predicted octanol–water partition coefficient (Wildman–Crippen LogP) is 1.86. The van der Waals surface area contributed by atoms with Crippen LogP contribution in [-0.2, 0) is 11.3 Å². The van der Waals surface area contributed by atoms with Crippen molar-refractivity contribution in [2.24, 2.45) is 0 Å². The van der Waals surface area contributed by atoms with Crippen molar-refractivity contribution in [2.75, 3.05) is 6.61 Å². The van der Waals surface area contributed by atoms with E-state index in [4.69, 9.17) is 9.15 Å². The summed E-state index contributed by atoms with van der Waals surface area (Å²) in [7, 11) is 0. The quantitative estimate of drug-likeness (QED) is 0.799. The van der Waals surface area contributed by atoms with Crippen molar-refractivity contribution < 1.29 is 9.15 Å². The highest BCUT2D eigenvalue weighted by atomic mass is 16.5. The van der Waals surface area contributed by atoms with Crippen molar-refractivity contribution >= 4 is 0 Å². The minimum atomic E-state index is 0.325. The van der Waals surface area contributed by atoms with E-state index in [1.807, 2.05) is 19.1 Å². The lowest BCUT2D eigenvalue weighted by Crippen LogP contribution is -2.33. The largest absolute Gasteiger partial charge is 0.465 e. The van der Waals surface area contributed by atoms with Crippen LogP contribution in [0, 0.1) is 6.92 Å². The first-order valence-corrected chi connectivity index (χ1v) is 5.16. The van der Waals surface area contributed by atoms with Crippen LogP contribution in [0.1, 0.15) is 24.9 Å². The van der Waals surface area contributed by atoms with Crippen molar-refractivity contribution in [1.29, 1.82) is 0 Å². The molecule has 0 amide bonds. The Morgan fingerprint density at radius 2 is 2.36 bits per heavy atom. The van der Waals surface area contributed by atoms with Gasteiger partial charge in [0.25, 0.3) is 0 Å². The smallest absolute Gasteiger partial charge is 0.117 e. The monoisotopic (exact) mass is 195 g/mol. The number of hydrogen-bond acceptors (Lipinski definition) is 3. The summed E-state index contributed by atoms with van der Waals surface area (Å²) in [6.07, 6.45) is 1.42. The minimum Gasteiger partial charge on any atom is -0.465 e. The van der Waals surface area contributed by atoms with Crippen LogP contribution in [0.2, 0.25) is 0 Å². The van der Waals surface area contributed by atoms with Crippen LogP contribution >= 0.6 is 0 Å². The van der Waals surface area contributed by atoms with Gasteiger partial charge in [-0.05, 0) is 32.4 Å². The van der Waals surface area contributed by atoms with Gasteiger partial charge in [0.1, 0.15) is 11.5 Å². The molecule has 1 N–H and O–H groups in total. The molecule has 1 saturated heterocycles. The fraction of sp³-hybridized carbons (Fsp3) is 0.636. The van der Waals surface area contributed by atoms with Crippen molar-refractivity contribution in [3.8, 4) is 0 Å². The normalized spacial score (nSPS) is 27.0. The van der Waals surface area contributed by atoms with Crippen LogP contribution in [0.4, 0.5) is 0 Å². The molecule has 0 spiro atoms. The van der Waals surface area contributed by atoms with Crippen LogP contribution in [0.15, 0.2) is 16.5 Å². The molecule has 3 heteroatoms. The molecule has 2 atom stereocenters. The van der Waals surface area contributed by atoms with E-state index in [0.717, 1.165) is 31.1 Å². The molecule has 2 rings (SSSR count). The Hall–Kier alpha value is -0.800. The molecule has 14 heavy (non-hydrogen) atoms. The number of hydrogen-bond donors (Lipinski definition) is 1. The molecule has 1 fully saturated rings. The van der Waals surface area contributed by atoms with Gasteiger partial charge in [0.2, 0.25) is 0 Å². The van der Waals surface area contributed by atoms with Gasteiger partial charge in [0.05, 0.1) is 12.6 Å². The first-order valence-electron chi connectivity index (χ1n) is 5.16. The number of aryl methyl sites for hydroxylation is 1. The third-order valence-electron chi connectivity index (χ3n) is 2.71. The first kappa shape index (κ1) is 9.74. The molecule has 0 bridgehead atoms. The highest BCUT2D eigenvalue weighted by molar-refractivity contribution is 5.05. The summed E-state index contributed by atoms with van der Waals surface area (Å²) in [5.74, 6) is 1.97. The zero-order valence-corrected chi connectivity index (χ0v) is 8.75. The number of nitrogens with one attached hydrogen (secondary N) is 1. The maximum Gasteiger partial charge on any atom is 0.117 e. The standard InChI is InChI=1S/C11H17NO2/c1-8-3-4-10(14-8)7-12-11-5-6-13-9(11)2/h3-4,9,11-12H,5-7H2,1-2H3/t9-,11-/m1/s1. The van der Waals surface area contributed by atoms with Crippen molar-refractivity contribution in [2.45, 2.75) is 39.0 Å². The molecule has 2 heterocycles. The Morgan fingerprint density at radius 1 is 1.50 bits per heavy atom. The molecule has 0 saturated carbocycles. The zero-order chi connectivity index (χ0) is 9.97. The average Bonchev–Trinajstić information content (AvgIpc) is 2.72. The van der Waals surface area contributed by atoms with E-state index in [2.05, 4.69) is 12.2 Å². The Morgan fingerprint density at radius 3 is 2.93 bits per heavy atom. The lowest BCUT2D eigenvalue weighted by atomic mass is 10.1. The minimum absolute atomic E-state index is 0.325. The summed E-state index contributed by atoms with van der Waals surface area (Å²) >= 11 is 0. The molecule has 3 nitrogen and oxygen atoms in total. The van der Waals surface area contributed by atoms with Gasteiger partial charge >= 0.3 is 0 Å². The van der Waals surface area contributed by atoms with Gasteiger partial charge in [0, 0.05) is 12.6 Å². The average molecular weight is 195 g/mol. The maximum absolute atomic E-state index is 5.48. The van der Waals surface area contributed by atoms with Crippen LogP contribution in [0.3, 0.4) is 0 Å². The van der Waals surface area contributed by atoms with Crippen LogP contribution < -0.4 is 5.32 Å². The van der Waals surface area contributed by atoms with Crippen molar-refractivity contribution in [1.82, 2.24) is 5.32 Å². The molecule has 78 valence electrons. The van der Waals surface area contributed by atoms with E-state index in [1.165, 1.54) is 0 Å². The fourth-order valence-corrected chi connectivity index (χ4v) is 1.81. The third kappa shape index (κ3) is 2.16. The molecule has 1 aromatic rings.